The van der Waals surface area contributed by atoms with Gasteiger partial charge in [0.2, 0.25) is 0 Å². The fraction of sp³-hybridized carbons (Fsp3) is 0.417. The SMILES string of the molecule is NCCc1ccc(C(=O)NCC(O)C(F)F)cc1. The molecule has 0 heterocycles. The zero-order valence-electron chi connectivity index (χ0n) is 9.77. The van der Waals surface area contributed by atoms with E-state index in [1.807, 2.05) is 0 Å². The predicted molar refractivity (Wildman–Crippen MR) is 63.5 cm³/mol. The number of benzene rings is 1. The number of rotatable bonds is 6. The van der Waals surface area contributed by atoms with E-state index >= 15 is 0 Å². The summed E-state index contributed by atoms with van der Waals surface area (Å²) in [5.41, 5.74) is 6.75. The molecular formula is C12H16F2N2O2. The highest BCUT2D eigenvalue weighted by Gasteiger charge is 2.17. The summed E-state index contributed by atoms with van der Waals surface area (Å²) < 4.78 is 24.0. The molecule has 6 heteroatoms. The van der Waals surface area contributed by atoms with E-state index in [0.717, 1.165) is 5.56 Å². The minimum absolute atomic E-state index is 0.359. The summed E-state index contributed by atoms with van der Waals surface area (Å²) in [6.07, 6.45) is -3.99. The van der Waals surface area contributed by atoms with Crippen molar-refractivity contribution < 1.29 is 18.7 Å². The van der Waals surface area contributed by atoms with Gasteiger partial charge in [0.05, 0.1) is 0 Å². The van der Waals surface area contributed by atoms with Crippen molar-refractivity contribution in [3.8, 4) is 0 Å². The van der Waals surface area contributed by atoms with Gasteiger partial charge in [-0.2, -0.15) is 0 Å². The van der Waals surface area contributed by atoms with Crippen LogP contribution in [0.2, 0.25) is 0 Å². The van der Waals surface area contributed by atoms with Crippen LogP contribution in [-0.2, 0) is 6.42 Å². The molecule has 0 aromatic heterocycles. The molecule has 0 spiro atoms. The number of carbonyl (C=O) groups excluding carboxylic acids is 1. The van der Waals surface area contributed by atoms with Crippen LogP contribution in [0.3, 0.4) is 0 Å². The lowest BCUT2D eigenvalue weighted by molar-refractivity contribution is -0.00270. The molecule has 100 valence electrons. The van der Waals surface area contributed by atoms with E-state index in [1.165, 1.54) is 0 Å². The van der Waals surface area contributed by atoms with E-state index in [1.54, 1.807) is 24.3 Å². The molecule has 1 aromatic carbocycles. The molecule has 0 bridgehead atoms. The minimum Gasteiger partial charge on any atom is -0.385 e. The third-order valence-electron chi connectivity index (χ3n) is 2.41. The van der Waals surface area contributed by atoms with Crippen molar-refractivity contribution in [2.75, 3.05) is 13.1 Å². The van der Waals surface area contributed by atoms with Gasteiger partial charge in [0.1, 0.15) is 6.10 Å². The number of aliphatic hydroxyl groups excluding tert-OH is 1. The number of nitrogens with two attached hydrogens (primary N) is 1. The Morgan fingerprint density at radius 1 is 1.33 bits per heavy atom. The third kappa shape index (κ3) is 4.38. The molecule has 1 aromatic rings. The van der Waals surface area contributed by atoms with Crippen LogP contribution in [0.4, 0.5) is 8.78 Å². The molecule has 0 saturated carbocycles. The first-order valence-electron chi connectivity index (χ1n) is 5.58. The summed E-state index contributed by atoms with van der Waals surface area (Å²) in [5.74, 6) is -0.492. The van der Waals surface area contributed by atoms with E-state index in [0.29, 0.717) is 18.5 Å². The highest BCUT2D eigenvalue weighted by atomic mass is 19.3. The van der Waals surface area contributed by atoms with Gasteiger partial charge in [-0.1, -0.05) is 12.1 Å². The molecule has 0 aliphatic carbocycles. The molecule has 18 heavy (non-hydrogen) atoms. The van der Waals surface area contributed by atoms with Gasteiger partial charge in [-0.25, -0.2) is 8.78 Å². The largest absolute Gasteiger partial charge is 0.385 e. The van der Waals surface area contributed by atoms with Gasteiger partial charge < -0.3 is 16.2 Å². The highest BCUT2D eigenvalue weighted by Crippen LogP contribution is 2.05. The Kier molecular flexibility index (Phi) is 5.67. The first kappa shape index (κ1) is 14.5. The molecule has 1 rings (SSSR count). The Hall–Kier alpha value is -1.53. The van der Waals surface area contributed by atoms with Crippen molar-refractivity contribution >= 4 is 5.91 Å². The number of carbonyl (C=O) groups is 1. The minimum atomic E-state index is -2.86. The van der Waals surface area contributed by atoms with E-state index in [2.05, 4.69) is 5.32 Å². The first-order valence-corrected chi connectivity index (χ1v) is 5.58. The molecule has 0 aliphatic rings. The number of nitrogens with one attached hydrogen (secondary N) is 1. The lowest BCUT2D eigenvalue weighted by atomic mass is 10.1. The van der Waals surface area contributed by atoms with Crippen LogP contribution in [0, 0.1) is 0 Å². The van der Waals surface area contributed by atoms with E-state index < -0.39 is 25.0 Å². The smallest absolute Gasteiger partial charge is 0.265 e. The van der Waals surface area contributed by atoms with E-state index in [4.69, 9.17) is 10.8 Å². The van der Waals surface area contributed by atoms with Crippen LogP contribution >= 0.6 is 0 Å². The average molecular weight is 258 g/mol. The third-order valence-corrected chi connectivity index (χ3v) is 2.41. The predicted octanol–water partition coefficient (Wildman–Crippen LogP) is 0.544. The Morgan fingerprint density at radius 3 is 2.44 bits per heavy atom. The van der Waals surface area contributed by atoms with Crippen molar-refractivity contribution in [1.29, 1.82) is 0 Å². The average Bonchev–Trinajstić information content (AvgIpc) is 2.36. The monoisotopic (exact) mass is 258 g/mol. The number of amides is 1. The molecule has 1 amide bonds. The fourth-order valence-corrected chi connectivity index (χ4v) is 1.38. The number of aliphatic hydroxyl groups is 1. The summed E-state index contributed by atoms with van der Waals surface area (Å²) in [5, 5.41) is 11.1. The second kappa shape index (κ2) is 7.03. The van der Waals surface area contributed by atoms with Gasteiger partial charge in [0.25, 0.3) is 12.3 Å². The van der Waals surface area contributed by atoms with Crippen molar-refractivity contribution in [3.63, 3.8) is 0 Å². The molecule has 0 saturated heterocycles. The summed E-state index contributed by atoms with van der Waals surface area (Å²) in [6, 6.07) is 6.70. The van der Waals surface area contributed by atoms with Gasteiger partial charge >= 0.3 is 0 Å². The van der Waals surface area contributed by atoms with Crippen molar-refractivity contribution in [2.45, 2.75) is 19.0 Å². The molecule has 4 N–H and O–H groups in total. The van der Waals surface area contributed by atoms with E-state index in [-0.39, 0.29) is 0 Å². The zero-order chi connectivity index (χ0) is 13.5. The van der Waals surface area contributed by atoms with Crippen molar-refractivity contribution in [1.82, 2.24) is 5.32 Å². The van der Waals surface area contributed by atoms with Crippen LogP contribution < -0.4 is 11.1 Å². The van der Waals surface area contributed by atoms with Gasteiger partial charge in [-0.05, 0) is 30.7 Å². The lowest BCUT2D eigenvalue weighted by Crippen LogP contribution is -2.35. The number of halogens is 2. The quantitative estimate of drug-likeness (QED) is 0.697. The molecule has 0 aliphatic heterocycles. The van der Waals surface area contributed by atoms with Crippen LogP contribution in [0.25, 0.3) is 0 Å². The van der Waals surface area contributed by atoms with Crippen LogP contribution in [0.15, 0.2) is 24.3 Å². The highest BCUT2D eigenvalue weighted by molar-refractivity contribution is 5.94. The molecule has 0 radical (unpaired) electrons. The van der Waals surface area contributed by atoms with Crippen LogP contribution in [0.5, 0.6) is 0 Å². The van der Waals surface area contributed by atoms with Crippen LogP contribution in [-0.4, -0.2) is 36.6 Å². The van der Waals surface area contributed by atoms with Crippen molar-refractivity contribution in [2.24, 2.45) is 5.73 Å². The van der Waals surface area contributed by atoms with Crippen LogP contribution in [0.1, 0.15) is 15.9 Å². The maximum atomic E-state index is 12.0. The molecular weight excluding hydrogens is 242 g/mol. The topological polar surface area (TPSA) is 75.4 Å². The maximum absolute atomic E-state index is 12.0. The van der Waals surface area contributed by atoms with Gasteiger partial charge in [-0.15, -0.1) is 0 Å². The Bertz CT molecular complexity index is 382. The maximum Gasteiger partial charge on any atom is 0.265 e. The molecule has 0 fully saturated rings. The second-order valence-corrected chi connectivity index (χ2v) is 3.85. The fourth-order valence-electron chi connectivity index (χ4n) is 1.38. The molecule has 4 nitrogen and oxygen atoms in total. The Labute approximate surface area is 104 Å². The molecule has 1 unspecified atom stereocenters. The van der Waals surface area contributed by atoms with Gasteiger partial charge in [0.15, 0.2) is 0 Å². The summed E-state index contributed by atoms with van der Waals surface area (Å²) in [6.45, 7) is 0.0488. The number of hydrogen-bond acceptors (Lipinski definition) is 3. The lowest BCUT2D eigenvalue weighted by Gasteiger charge is -2.10. The number of hydrogen-bond donors (Lipinski definition) is 3. The van der Waals surface area contributed by atoms with Crippen molar-refractivity contribution in [3.05, 3.63) is 35.4 Å². The first-order chi connectivity index (χ1) is 8.54. The number of alkyl halides is 2. The zero-order valence-corrected chi connectivity index (χ0v) is 9.77. The molecule has 1 atom stereocenters. The van der Waals surface area contributed by atoms with Gasteiger partial charge in [-0.3, -0.25) is 4.79 Å². The second-order valence-electron chi connectivity index (χ2n) is 3.85. The summed E-state index contributed by atoms with van der Waals surface area (Å²) in [7, 11) is 0. The summed E-state index contributed by atoms with van der Waals surface area (Å²) in [4.78, 5) is 11.5. The van der Waals surface area contributed by atoms with Gasteiger partial charge in [0, 0.05) is 12.1 Å². The Balaban J connectivity index is 2.51. The summed E-state index contributed by atoms with van der Waals surface area (Å²) >= 11 is 0. The van der Waals surface area contributed by atoms with E-state index in [9.17, 15) is 13.6 Å². The standard InChI is InChI=1S/C12H16F2N2O2/c13-11(14)10(17)7-16-12(18)9-3-1-8(2-4-9)5-6-15/h1-4,10-11,17H,5-7,15H2,(H,16,18). The Morgan fingerprint density at radius 2 is 1.94 bits per heavy atom. The normalized spacial score (nSPS) is 12.5.